The summed E-state index contributed by atoms with van der Waals surface area (Å²) in [6, 6.07) is 1.02. The van der Waals surface area contributed by atoms with Crippen LogP contribution < -0.4 is 5.46 Å². The molecule has 1 rings (SSSR count). The fourth-order valence-electron chi connectivity index (χ4n) is 1.76. The van der Waals surface area contributed by atoms with Gasteiger partial charge >= 0.3 is 19.5 Å². The molecule has 2 nitrogen and oxygen atoms in total. The second-order valence-corrected chi connectivity index (χ2v) is 4.55. The summed E-state index contributed by atoms with van der Waals surface area (Å²) in [5.41, 5.74) is -5.14. The van der Waals surface area contributed by atoms with Crippen molar-refractivity contribution in [2.75, 3.05) is 0 Å². The SMILES string of the molecule is CC(C)c1cc(C(F)(F)F)c(B(O)O)c(C(F)(F)F)c1. The Kier molecular flexibility index (Phi) is 4.45. The normalized spacial score (nSPS) is 12.9. The Morgan fingerprint density at radius 3 is 1.45 bits per heavy atom. The fourth-order valence-corrected chi connectivity index (χ4v) is 1.76. The van der Waals surface area contributed by atoms with Gasteiger partial charge in [0.15, 0.2) is 0 Å². The molecule has 0 heterocycles. The lowest BCUT2D eigenvalue weighted by Gasteiger charge is -2.21. The maximum absolute atomic E-state index is 12.8. The third kappa shape index (κ3) is 3.46. The summed E-state index contributed by atoms with van der Waals surface area (Å²) in [7, 11) is -2.87. The molecule has 0 aliphatic carbocycles. The average Bonchev–Trinajstić information content (AvgIpc) is 2.24. The van der Waals surface area contributed by atoms with Crippen molar-refractivity contribution in [3.8, 4) is 0 Å². The predicted molar refractivity (Wildman–Crippen MR) is 60.4 cm³/mol. The zero-order valence-electron chi connectivity index (χ0n) is 10.5. The van der Waals surface area contributed by atoms with Gasteiger partial charge in [-0.15, -0.1) is 0 Å². The van der Waals surface area contributed by atoms with E-state index in [1.165, 1.54) is 13.8 Å². The van der Waals surface area contributed by atoms with Gasteiger partial charge in [-0.05, 0) is 23.6 Å². The van der Waals surface area contributed by atoms with E-state index >= 15 is 0 Å². The first-order chi connectivity index (χ1) is 8.85. The highest BCUT2D eigenvalue weighted by atomic mass is 19.4. The van der Waals surface area contributed by atoms with Crippen molar-refractivity contribution in [3.63, 3.8) is 0 Å². The van der Waals surface area contributed by atoms with Crippen LogP contribution in [0.5, 0.6) is 0 Å². The molecule has 9 heteroatoms. The highest BCUT2D eigenvalue weighted by molar-refractivity contribution is 6.60. The molecule has 20 heavy (non-hydrogen) atoms. The van der Waals surface area contributed by atoms with E-state index in [0.29, 0.717) is 12.1 Å². The molecule has 0 atom stereocenters. The highest BCUT2D eigenvalue weighted by Gasteiger charge is 2.44. The Morgan fingerprint density at radius 1 is 0.900 bits per heavy atom. The van der Waals surface area contributed by atoms with Crippen molar-refractivity contribution in [2.24, 2.45) is 0 Å². The summed E-state index contributed by atoms with van der Waals surface area (Å²) in [6.07, 6.45) is -10.2. The van der Waals surface area contributed by atoms with Crippen LogP contribution in [0.4, 0.5) is 26.3 Å². The maximum Gasteiger partial charge on any atom is 0.489 e. The molecule has 0 aliphatic heterocycles. The van der Waals surface area contributed by atoms with Crippen LogP contribution in [0.25, 0.3) is 0 Å². The third-order valence-electron chi connectivity index (χ3n) is 2.74. The van der Waals surface area contributed by atoms with Crippen molar-refractivity contribution < 1.29 is 36.4 Å². The first-order valence-corrected chi connectivity index (χ1v) is 5.54. The molecule has 0 radical (unpaired) electrons. The number of benzene rings is 1. The Labute approximate surface area is 111 Å². The number of halogens is 6. The molecule has 0 bridgehead atoms. The van der Waals surface area contributed by atoms with Crippen LogP contribution in [0.1, 0.15) is 36.5 Å². The quantitative estimate of drug-likeness (QED) is 0.651. The van der Waals surface area contributed by atoms with Gasteiger partial charge in [-0.2, -0.15) is 26.3 Å². The molecule has 0 saturated carbocycles. The van der Waals surface area contributed by atoms with Gasteiger partial charge < -0.3 is 10.0 Å². The molecule has 0 aliphatic rings. The van der Waals surface area contributed by atoms with Gasteiger partial charge in [0.25, 0.3) is 0 Å². The van der Waals surface area contributed by atoms with Gasteiger partial charge in [0.05, 0.1) is 11.1 Å². The van der Waals surface area contributed by atoms with Crippen LogP contribution in [0, 0.1) is 0 Å². The Hall–Kier alpha value is -1.22. The lowest BCUT2D eigenvalue weighted by molar-refractivity contribution is -0.141. The molecule has 0 unspecified atom stereocenters. The standard InChI is InChI=1S/C11H11BF6O2/c1-5(2)6-3-7(10(13,14)15)9(12(19)20)8(4-6)11(16,17)18/h3-5,19-20H,1-2H3. The topological polar surface area (TPSA) is 40.5 Å². The van der Waals surface area contributed by atoms with Crippen molar-refractivity contribution in [1.29, 1.82) is 0 Å². The van der Waals surface area contributed by atoms with Crippen molar-refractivity contribution in [2.45, 2.75) is 32.1 Å². The second kappa shape index (κ2) is 5.29. The van der Waals surface area contributed by atoms with E-state index in [2.05, 4.69) is 0 Å². The van der Waals surface area contributed by atoms with E-state index in [4.69, 9.17) is 10.0 Å². The summed E-state index contributed by atoms with van der Waals surface area (Å²) in [5, 5.41) is 17.8. The lowest BCUT2D eigenvalue weighted by atomic mass is 9.72. The van der Waals surface area contributed by atoms with E-state index < -0.39 is 42.0 Å². The van der Waals surface area contributed by atoms with Crippen molar-refractivity contribution >= 4 is 12.6 Å². The Bertz CT molecular complexity index is 458. The van der Waals surface area contributed by atoms with E-state index in [-0.39, 0.29) is 5.56 Å². The molecular weight excluding hydrogens is 289 g/mol. The molecular formula is C11H11BF6O2. The summed E-state index contributed by atoms with van der Waals surface area (Å²) in [5.74, 6) is -0.581. The largest absolute Gasteiger partial charge is 0.489 e. The first kappa shape index (κ1) is 16.8. The summed E-state index contributed by atoms with van der Waals surface area (Å²) in [6.45, 7) is 2.87. The smallest absolute Gasteiger partial charge is 0.423 e. The molecule has 2 N–H and O–H groups in total. The summed E-state index contributed by atoms with van der Waals surface area (Å²) < 4.78 is 77.0. The highest BCUT2D eigenvalue weighted by Crippen LogP contribution is 2.36. The van der Waals surface area contributed by atoms with Crippen molar-refractivity contribution in [1.82, 2.24) is 0 Å². The monoisotopic (exact) mass is 300 g/mol. The summed E-state index contributed by atoms with van der Waals surface area (Å²) in [4.78, 5) is 0. The van der Waals surface area contributed by atoms with Crippen LogP contribution in [0.3, 0.4) is 0 Å². The Balaban J connectivity index is 3.77. The minimum absolute atomic E-state index is 0.186. The first-order valence-electron chi connectivity index (χ1n) is 5.54. The minimum Gasteiger partial charge on any atom is -0.423 e. The fraction of sp³-hybridized carbons (Fsp3) is 0.455. The number of hydrogen-bond acceptors (Lipinski definition) is 2. The van der Waals surface area contributed by atoms with Gasteiger partial charge in [0.1, 0.15) is 0 Å². The van der Waals surface area contributed by atoms with Crippen LogP contribution >= 0.6 is 0 Å². The van der Waals surface area contributed by atoms with Crippen LogP contribution in [0.15, 0.2) is 12.1 Å². The number of hydrogen-bond donors (Lipinski definition) is 2. The van der Waals surface area contributed by atoms with E-state index in [9.17, 15) is 26.3 Å². The van der Waals surface area contributed by atoms with Crippen LogP contribution in [0.2, 0.25) is 0 Å². The molecule has 0 saturated heterocycles. The molecule has 0 fully saturated rings. The molecule has 112 valence electrons. The van der Waals surface area contributed by atoms with Gasteiger partial charge in [-0.3, -0.25) is 0 Å². The van der Waals surface area contributed by atoms with Crippen LogP contribution in [-0.2, 0) is 12.4 Å². The van der Waals surface area contributed by atoms with Crippen molar-refractivity contribution in [3.05, 3.63) is 28.8 Å². The van der Waals surface area contributed by atoms with Gasteiger partial charge in [-0.1, -0.05) is 13.8 Å². The van der Waals surface area contributed by atoms with Gasteiger partial charge in [0, 0.05) is 5.46 Å². The molecule has 1 aromatic carbocycles. The zero-order valence-corrected chi connectivity index (χ0v) is 10.5. The summed E-state index contributed by atoms with van der Waals surface area (Å²) >= 11 is 0. The van der Waals surface area contributed by atoms with Gasteiger partial charge in [-0.25, -0.2) is 0 Å². The molecule has 1 aromatic rings. The zero-order chi connectivity index (χ0) is 15.9. The number of rotatable bonds is 2. The Morgan fingerprint density at radius 2 is 1.25 bits per heavy atom. The third-order valence-corrected chi connectivity index (χ3v) is 2.74. The minimum atomic E-state index is -5.12. The molecule has 0 spiro atoms. The van der Waals surface area contributed by atoms with E-state index in [1.54, 1.807) is 0 Å². The average molecular weight is 300 g/mol. The maximum atomic E-state index is 12.8. The van der Waals surface area contributed by atoms with Crippen LogP contribution in [-0.4, -0.2) is 17.2 Å². The lowest BCUT2D eigenvalue weighted by Crippen LogP contribution is -2.41. The predicted octanol–water partition coefficient (Wildman–Crippen LogP) is 2.53. The molecule has 0 aromatic heterocycles. The second-order valence-electron chi connectivity index (χ2n) is 4.55. The number of alkyl halides is 6. The molecule has 0 amide bonds. The van der Waals surface area contributed by atoms with E-state index in [1.807, 2.05) is 0 Å². The van der Waals surface area contributed by atoms with E-state index in [0.717, 1.165) is 0 Å². The van der Waals surface area contributed by atoms with Gasteiger partial charge in [0.2, 0.25) is 0 Å².